The Morgan fingerprint density at radius 2 is 1.16 bits per heavy atom. The highest BCUT2D eigenvalue weighted by Crippen LogP contribution is 2.51. The van der Waals surface area contributed by atoms with Crippen molar-refractivity contribution < 1.29 is 0 Å². The average molecular weight is 682 g/mol. The van der Waals surface area contributed by atoms with E-state index >= 15 is 0 Å². The maximum Gasteiger partial charge on any atom is 0.0995 e. The molecule has 5 aromatic rings. The zero-order valence-corrected chi connectivity index (χ0v) is 31.9. The molecule has 51 heavy (non-hydrogen) atoms. The molecule has 5 heteroatoms. The molecule has 268 valence electrons. The first kappa shape index (κ1) is 35.3. The fourth-order valence-corrected chi connectivity index (χ4v) is 10.3. The van der Waals surface area contributed by atoms with Crippen LogP contribution < -0.4 is 4.90 Å². The summed E-state index contributed by atoms with van der Waals surface area (Å²) in [6.45, 7) is 14.5. The lowest BCUT2D eigenvalue weighted by atomic mass is 9.62. The number of aromatic nitrogens is 4. The summed E-state index contributed by atoms with van der Waals surface area (Å²) in [6.07, 6.45) is 22.0. The van der Waals surface area contributed by atoms with E-state index in [0.29, 0.717) is 34.5 Å². The van der Waals surface area contributed by atoms with Gasteiger partial charge in [0.2, 0.25) is 0 Å². The van der Waals surface area contributed by atoms with Gasteiger partial charge in [0.15, 0.2) is 0 Å². The predicted octanol–water partition coefficient (Wildman–Crippen LogP) is 12.9. The van der Waals surface area contributed by atoms with Crippen molar-refractivity contribution in [2.24, 2.45) is 22.7 Å². The molecule has 5 nitrogen and oxygen atoms in total. The van der Waals surface area contributed by atoms with Crippen LogP contribution in [-0.4, -0.2) is 19.3 Å². The largest absolute Gasteiger partial charge is 0.310 e. The SMILES string of the molecule is CC(C)C(c1cnn(-c2cccc(N(c3ccccc3)c3cccc(-n4cnc(C(C(C)C)C5(C)CCCCC5)c4)c3)c2)c1)C1(C)CCCCC1. The van der Waals surface area contributed by atoms with Crippen LogP contribution >= 0.6 is 0 Å². The summed E-state index contributed by atoms with van der Waals surface area (Å²) < 4.78 is 4.31. The fourth-order valence-electron chi connectivity index (χ4n) is 10.3. The Labute approximate surface area is 307 Å². The van der Waals surface area contributed by atoms with Crippen LogP contribution in [0.15, 0.2) is 104 Å². The smallest absolute Gasteiger partial charge is 0.0995 e. The van der Waals surface area contributed by atoms with E-state index in [1.54, 1.807) is 0 Å². The van der Waals surface area contributed by atoms with Crippen molar-refractivity contribution in [2.45, 2.75) is 118 Å². The molecular weight excluding hydrogens is 623 g/mol. The molecule has 3 aromatic carbocycles. The highest BCUT2D eigenvalue weighted by Gasteiger charge is 2.40. The Kier molecular flexibility index (Phi) is 10.3. The number of para-hydroxylation sites is 1. The van der Waals surface area contributed by atoms with Gasteiger partial charge in [-0.3, -0.25) is 0 Å². The molecule has 0 bridgehead atoms. The van der Waals surface area contributed by atoms with E-state index in [1.165, 1.54) is 75.5 Å². The van der Waals surface area contributed by atoms with Crippen LogP contribution in [0.2, 0.25) is 0 Å². The molecule has 0 N–H and O–H groups in total. The highest BCUT2D eigenvalue weighted by molar-refractivity contribution is 5.78. The predicted molar refractivity (Wildman–Crippen MR) is 213 cm³/mol. The van der Waals surface area contributed by atoms with E-state index in [4.69, 9.17) is 10.1 Å². The molecule has 0 saturated heterocycles. The van der Waals surface area contributed by atoms with E-state index in [9.17, 15) is 0 Å². The molecule has 2 saturated carbocycles. The molecular formula is C46H59N5. The van der Waals surface area contributed by atoms with Crippen molar-refractivity contribution in [3.05, 3.63) is 115 Å². The second kappa shape index (κ2) is 14.9. The normalized spacial score (nSPS) is 18.5. The van der Waals surface area contributed by atoms with Gasteiger partial charge in [-0.05, 0) is 108 Å². The van der Waals surface area contributed by atoms with E-state index in [1.807, 2.05) is 6.33 Å². The number of imidazole rings is 1. The third-order valence-electron chi connectivity index (χ3n) is 12.5. The minimum Gasteiger partial charge on any atom is -0.310 e. The van der Waals surface area contributed by atoms with Crippen molar-refractivity contribution in [2.75, 3.05) is 4.90 Å². The minimum absolute atomic E-state index is 0.307. The quantitative estimate of drug-likeness (QED) is 0.139. The van der Waals surface area contributed by atoms with Crippen LogP contribution in [0.1, 0.15) is 129 Å². The third kappa shape index (κ3) is 7.32. The van der Waals surface area contributed by atoms with E-state index in [-0.39, 0.29) is 0 Å². The number of rotatable bonds is 11. The minimum atomic E-state index is 0.307. The Morgan fingerprint density at radius 3 is 1.76 bits per heavy atom. The molecule has 7 rings (SSSR count). The van der Waals surface area contributed by atoms with Crippen molar-refractivity contribution in [1.29, 1.82) is 0 Å². The number of nitrogens with zero attached hydrogens (tertiary/aromatic N) is 5. The zero-order valence-electron chi connectivity index (χ0n) is 31.9. The summed E-state index contributed by atoms with van der Waals surface area (Å²) in [7, 11) is 0. The van der Waals surface area contributed by atoms with E-state index in [0.717, 1.165) is 28.4 Å². The maximum atomic E-state index is 5.07. The number of hydrogen-bond acceptors (Lipinski definition) is 3. The van der Waals surface area contributed by atoms with Gasteiger partial charge in [-0.1, -0.05) is 110 Å². The van der Waals surface area contributed by atoms with Crippen LogP contribution in [0.4, 0.5) is 17.1 Å². The lowest BCUT2D eigenvalue weighted by Crippen LogP contribution is -2.31. The molecule has 2 aliphatic carbocycles. The maximum absolute atomic E-state index is 5.07. The summed E-state index contributed by atoms with van der Waals surface area (Å²) in [5, 5.41) is 4.97. The Bertz CT molecular complexity index is 1750. The topological polar surface area (TPSA) is 38.9 Å². The number of anilines is 3. The van der Waals surface area contributed by atoms with Crippen LogP contribution in [0, 0.1) is 22.7 Å². The molecule has 0 spiro atoms. The molecule has 2 atom stereocenters. The zero-order chi connectivity index (χ0) is 35.6. The summed E-state index contributed by atoms with van der Waals surface area (Å²) in [6, 6.07) is 28.4. The first-order valence-corrected chi connectivity index (χ1v) is 19.8. The lowest BCUT2D eigenvalue weighted by molar-refractivity contribution is 0.135. The molecule has 2 aromatic heterocycles. The van der Waals surface area contributed by atoms with Gasteiger partial charge in [0.25, 0.3) is 0 Å². The first-order chi connectivity index (χ1) is 24.6. The third-order valence-corrected chi connectivity index (χ3v) is 12.5. The lowest BCUT2D eigenvalue weighted by Gasteiger charge is -2.42. The van der Waals surface area contributed by atoms with E-state index < -0.39 is 0 Å². The number of hydrogen-bond donors (Lipinski definition) is 0. The second-order valence-corrected chi connectivity index (χ2v) is 17.0. The van der Waals surface area contributed by atoms with Crippen molar-refractivity contribution in [3.8, 4) is 11.4 Å². The first-order valence-electron chi connectivity index (χ1n) is 19.8. The van der Waals surface area contributed by atoms with Gasteiger partial charge >= 0.3 is 0 Å². The molecule has 0 amide bonds. The average Bonchev–Trinajstić information content (AvgIpc) is 3.80. The van der Waals surface area contributed by atoms with Crippen LogP contribution in [0.3, 0.4) is 0 Å². The Hall–Kier alpha value is -4.12. The fraction of sp³-hybridized carbons (Fsp3) is 0.478. The van der Waals surface area contributed by atoms with E-state index in [2.05, 4.69) is 153 Å². The van der Waals surface area contributed by atoms with Crippen molar-refractivity contribution in [1.82, 2.24) is 19.3 Å². The molecule has 0 radical (unpaired) electrons. The summed E-state index contributed by atoms with van der Waals surface area (Å²) in [5.74, 6) is 2.07. The Balaban J connectivity index is 1.22. The van der Waals surface area contributed by atoms with Gasteiger partial charge in [0.1, 0.15) is 0 Å². The van der Waals surface area contributed by atoms with Gasteiger partial charge in [-0.25, -0.2) is 9.67 Å². The van der Waals surface area contributed by atoms with Gasteiger partial charge in [-0.2, -0.15) is 5.10 Å². The summed E-state index contributed by atoms with van der Waals surface area (Å²) in [4.78, 5) is 7.43. The monoisotopic (exact) mass is 681 g/mol. The van der Waals surface area contributed by atoms with Gasteiger partial charge < -0.3 is 9.47 Å². The molecule has 2 heterocycles. The van der Waals surface area contributed by atoms with Crippen LogP contribution in [0.25, 0.3) is 11.4 Å². The van der Waals surface area contributed by atoms with Crippen molar-refractivity contribution in [3.63, 3.8) is 0 Å². The van der Waals surface area contributed by atoms with Gasteiger partial charge in [0, 0.05) is 41.1 Å². The molecule has 2 aliphatic rings. The Morgan fingerprint density at radius 1 is 0.608 bits per heavy atom. The molecule has 0 aliphatic heterocycles. The second-order valence-electron chi connectivity index (χ2n) is 17.0. The number of benzene rings is 3. The van der Waals surface area contributed by atoms with Crippen molar-refractivity contribution >= 4 is 17.1 Å². The standard InChI is InChI=1S/C46H59N5/c1-34(2)43(45(5)24-12-8-13-25-45)36-30-48-50(31-36)39-21-17-23-41(29-39)51(37-18-10-7-11-19-37)40-22-16-20-38(28-40)49-32-42(47-33-49)44(35(3)4)46(6)26-14-9-15-27-46/h7,10-11,16-23,28-35,43-44H,8-9,12-15,24-27H2,1-6H3. The van der Waals surface area contributed by atoms with Crippen LogP contribution in [0.5, 0.6) is 0 Å². The van der Waals surface area contributed by atoms with Gasteiger partial charge in [0.05, 0.1) is 23.9 Å². The molecule has 2 fully saturated rings. The highest BCUT2D eigenvalue weighted by atomic mass is 15.3. The summed E-state index contributed by atoms with van der Waals surface area (Å²) >= 11 is 0. The molecule has 2 unspecified atom stereocenters. The summed E-state index contributed by atoms with van der Waals surface area (Å²) in [5.41, 5.74) is 8.75. The van der Waals surface area contributed by atoms with Gasteiger partial charge in [-0.15, -0.1) is 0 Å². The van der Waals surface area contributed by atoms with Crippen LogP contribution in [-0.2, 0) is 0 Å².